The Bertz CT molecular complexity index is 1290. The zero-order valence-electron chi connectivity index (χ0n) is 23.6. The van der Waals surface area contributed by atoms with Crippen LogP contribution in [0, 0.1) is 34.5 Å². The Morgan fingerprint density at radius 3 is 2.74 bits per heavy atom. The van der Waals surface area contributed by atoms with Crippen molar-refractivity contribution >= 4 is 28.7 Å². The van der Waals surface area contributed by atoms with Crippen LogP contribution in [0.2, 0.25) is 0 Å². The van der Waals surface area contributed by atoms with Crippen molar-refractivity contribution in [3.8, 4) is 0 Å². The van der Waals surface area contributed by atoms with Crippen LogP contribution in [0.15, 0.2) is 24.3 Å². The van der Waals surface area contributed by atoms with Gasteiger partial charge in [0.2, 0.25) is 5.91 Å². The fourth-order valence-corrected chi connectivity index (χ4v) is 9.15. The van der Waals surface area contributed by atoms with E-state index in [0.29, 0.717) is 41.3 Å². The minimum atomic E-state index is 0.119. The number of hydrogen-bond donors (Lipinski definition) is 2. The van der Waals surface area contributed by atoms with Crippen molar-refractivity contribution in [3.05, 3.63) is 24.3 Å². The number of amides is 1. The van der Waals surface area contributed by atoms with E-state index in [1.807, 2.05) is 10.6 Å². The SMILES string of the molecule is C[C@]12CC[C@H]3[C@@H](CCC4=CC(=O)CC[C@@]43C)[C@@H]1CC[C@@H]2C(=O)NCCCCCCn1cnc2c(N)ncnc21. The van der Waals surface area contributed by atoms with Gasteiger partial charge in [-0.2, -0.15) is 0 Å². The summed E-state index contributed by atoms with van der Waals surface area (Å²) >= 11 is 0. The zero-order valence-corrected chi connectivity index (χ0v) is 23.6. The summed E-state index contributed by atoms with van der Waals surface area (Å²) in [6.45, 7) is 6.48. The third-order valence-corrected chi connectivity index (χ3v) is 11.3. The molecule has 0 spiro atoms. The second kappa shape index (κ2) is 10.3. The fourth-order valence-electron chi connectivity index (χ4n) is 9.15. The van der Waals surface area contributed by atoms with Crippen LogP contribution < -0.4 is 11.1 Å². The molecule has 0 bridgehead atoms. The van der Waals surface area contributed by atoms with Crippen molar-refractivity contribution in [2.75, 3.05) is 12.3 Å². The molecule has 0 aromatic carbocycles. The fraction of sp³-hybridized carbons (Fsp3) is 0.710. The quantitative estimate of drug-likeness (QED) is 0.450. The summed E-state index contributed by atoms with van der Waals surface area (Å²) in [5, 5.41) is 3.32. The molecule has 2 aromatic heterocycles. The van der Waals surface area contributed by atoms with Crippen molar-refractivity contribution in [3.63, 3.8) is 0 Å². The molecular formula is C31H44N6O2. The van der Waals surface area contributed by atoms with Gasteiger partial charge in [-0.1, -0.05) is 32.3 Å². The van der Waals surface area contributed by atoms with Crippen molar-refractivity contribution in [2.45, 2.75) is 97.4 Å². The van der Waals surface area contributed by atoms with Gasteiger partial charge in [-0.3, -0.25) is 9.59 Å². The molecule has 4 aliphatic carbocycles. The van der Waals surface area contributed by atoms with Crippen LogP contribution >= 0.6 is 0 Å². The maximum absolute atomic E-state index is 13.4. The Kier molecular flexibility index (Phi) is 7.00. The van der Waals surface area contributed by atoms with Crippen molar-refractivity contribution < 1.29 is 9.59 Å². The Balaban J connectivity index is 0.968. The number of fused-ring (bicyclic) bond motifs is 6. The number of unbranched alkanes of at least 4 members (excludes halogenated alkanes) is 3. The number of nitrogen functional groups attached to an aromatic ring is 1. The number of nitrogens with one attached hydrogen (secondary N) is 1. The van der Waals surface area contributed by atoms with Gasteiger partial charge in [0.1, 0.15) is 11.8 Å². The highest BCUT2D eigenvalue weighted by molar-refractivity contribution is 5.91. The van der Waals surface area contributed by atoms with Crippen molar-refractivity contribution in [1.82, 2.24) is 24.8 Å². The van der Waals surface area contributed by atoms with Crippen LogP contribution in [-0.4, -0.2) is 37.8 Å². The number of hydrogen-bond acceptors (Lipinski definition) is 6. The lowest BCUT2D eigenvalue weighted by atomic mass is 9.47. The predicted octanol–water partition coefficient (Wildman–Crippen LogP) is 5.23. The Morgan fingerprint density at radius 2 is 1.87 bits per heavy atom. The molecule has 2 aromatic rings. The minimum absolute atomic E-state index is 0.119. The zero-order chi connectivity index (χ0) is 27.2. The summed E-state index contributed by atoms with van der Waals surface area (Å²) in [5.41, 5.74) is 9.08. The van der Waals surface area contributed by atoms with Gasteiger partial charge in [0.25, 0.3) is 0 Å². The van der Waals surface area contributed by atoms with Gasteiger partial charge in [0.15, 0.2) is 17.2 Å². The predicted molar refractivity (Wildman–Crippen MR) is 151 cm³/mol. The molecule has 8 nitrogen and oxygen atoms in total. The van der Waals surface area contributed by atoms with E-state index in [2.05, 4.69) is 34.1 Å². The number of ketones is 1. The van der Waals surface area contributed by atoms with Crippen molar-refractivity contribution in [1.29, 1.82) is 0 Å². The number of allylic oxidation sites excluding steroid dienone is 1. The third kappa shape index (κ3) is 4.57. The van der Waals surface area contributed by atoms with Crippen LogP contribution in [-0.2, 0) is 16.1 Å². The first-order chi connectivity index (χ1) is 18.8. The van der Waals surface area contributed by atoms with Crippen LogP contribution in [0.25, 0.3) is 11.2 Å². The average Bonchev–Trinajstić information content (AvgIpc) is 3.50. The number of anilines is 1. The summed E-state index contributed by atoms with van der Waals surface area (Å²) < 4.78 is 2.04. The second-order valence-electron chi connectivity index (χ2n) is 13.2. The summed E-state index contributed by atoms with van der Waals surface area (Å²) in [5.74, 6) is 3.19. The molecule has 6 rings (SSSR count). The van der Waals surface area contributed by atoms with Gasteiger partial charge in [-0.05, 0) is 92.4 Å². The molecule has 210 valence electrons. The normalized spacial score (nSPS) is 33.8. The molecule has 4 aliphatic rings. The topological polar surface area (TPSA) is 116 Å². The van der Waals surface area contributed by atoms with E-state index in [-0.39, 0.29) is 22.7 Å². The van der Waals surface area contributed by atoms with Gasteiger partial charge < -0.3 is 15.6 Å². The maximum atomic E-state index is 13.4. The summed E-state index contributed by atoms with van der Waals surface area (Å²) in [4.78, 5) is 38.2. The Hall–Kier alpha value is -2.77. The average molecular weight is 533 g/mol. The maximum Gasteiger partial charge on any atom is 0.223 e. The van der Waals surface area contributed by atoms with Gasteiger partial charge in [0, 0.05) is 25.4 Å². The number of nitrogens with zero attached hydrogens (tertiary/aromatic N) is 4. The van der Waals surface area contributed by atoms with Gasteiger partial charge in [-0.15, -0.1) is 0 Å². The molecule has 3 N–H and O–H groups in total. The number of aryl methyl sites for hydroxylation is 1. The van der Waals surface area contributed by atoms with E-state index >= 15 is 0 Å². The molecule has 8 heteroatoms. The number of carbonyl (C=O) groups is 2. The van der Waals surface area contributed by atoms with Crippen LogP contribution in [0.3, 0.4) is 0 Å². The number of aromatic nitrogens is 4. The minimum Gasteiger partial charge on any atom is -0.382 e. The lowest BCUT2D eigenvalue weighted by molar-refractivity contribution is -0.132. The first-order valence-electron chi connectivity index (χ1n) is 15.2. The highest BCUT2D eigenvalue weighted by atomic mass is 16.2. The summed E-state index contributed by atoms with van der Waals surface area (Å²) in [6, 6.07) is 0. The molecule has 0 aliphatic heterocycles. The van der Waals surface area contributed by atoms with Crippen molar-refractivity contribution in [2.24, 2.45) is 34.5 Å². The first kappa shape index (κ1) is 26.5. The smallest absolute Gasteiger partial charge is 0.223 e. The van der Waals surface area contributed by atoms with Gasteiger partial charge in [-0.25, -0.2) is 15.0 Å². The van der Waals surface area contributed by atoms with Crippen LogP contribution in [0.1, 0.15) is 90.9 Å². The standard InChI is InChI=1S/C31H44N6O2/c1-30-13-11-21(38)17-20(30)7-8-22-23-9-10-25(31(23,2)14-12-24(22)30)29(39)33-15-5-3-4-6-16-37-19-36-26-27(32)34-18-35-28(26)37/h17-19,22-25H,3-16H2,1-2H3,(H,33,39)(H2,32,34,35)/t22-,23-,24-,25+,30-,31-/m0/s1. The van der Waals surface area contributed by atoms with E-state index in [0.717, 1.165) is 70.1 Å². The van der Waals surface area contributed by atoms with Crippen LogP contribution in [0.5, 0.6) is 0 Å². The second-order valence-corrected chi connectivity index (χ2v) is 13.2. The number of carbonyl (C=O) groups excluding carboxylic acids is 2. The monoisotopic (exact) mass is 532 g/mol. The number of nitrogens with two attached hydrogens (primary N) is 1. The highest BCUT2D eigenvalue weighted by Gasteiger charge is 2.60. The molecule has 0 unspecified atom stereocenters. The molecule has 0 radical (unpaired) electrons. The van der Waals surface area contributed by atoms with E-state index < -0.39 is 0 Å². The summed E-state index contributed by atoms with van der Waals surface area (Å²) in [6.07, 6.45) is 18.1. The molecule has 1 amide bonds. The molecular weight excluding hydrogens is 488 g/mol. The van der Waals surface area contributed by atoms with E-state index in [1.165, 1.54) is 31.2 Å². The Labute approximate surface area is 231 Å². The molecule has 0 saturated heterocycles. The van der Waals surface area contributed by atoms with E-state index in [1.54, 1.807) is 6.33 Å². The molecule has 6 atom stereocenters. The largest absolute Gasteiger partial charge is 0.382 e. The molecule has 3 fully saturated rings. The Morgan fingerprint density at radius 1 is 1.03 bits per heavy atom. The number of imidazole rings is 1. The van der Waals surface area contributed by atoms with E-state index in [9.17, 15) is 9.59 Å². The molecule has 39 heavy (non-hydrogen) atoms. The first-order valence-corrected chi connectivity index (χ1v) is 15.2. The third-order valence-electron chi connectivity index (χ3n) is 11.3. The van der Waals surface area contributed by atoms with E-state index in [4.69, 9.17) is 5.73 Å². The van der Waals surface area contributed by atoms with Gasteiger partial charge >= 0.3 is 0 Å². The lowest BCUT2D eigenvalue weighted by Gasteiger charge is -2.58. The molecule has 2 heterocycles. The highest BCUT2D eigenvalue weighted by Crippen LogP contribution is 2.66. The lowest BCUT2D eigenvalue weighted by Crippen LogP contribution is -2.52. The number of rotatable bonds is 8. The van der Waals surface area contributed by atoms with Gasteiger partial charge in [0.05, 0.1) is 6.33 Å². The van der Waals surface area contributed by atoms with Crippen LogP contribution in [0.4, 0.5) is 5.82 Å². The summed E-state index contributed by atoms with van der Waals surface area (Å²) in [7, 11) is 0. The molecule has 3 saturated carbocycles.